The molecule has 0 spiro atoms. The molecule has 3 atom stereocenters. The van der Waals surface area contributed by atoms with E-state index in [4.69, 9.17) is 15.6 Å². The molecule has 5 heterocycles. The zero-order valence-electron chi connectivity index (χ0n) is 22.6. The van der Waals surface area contributed by atoms with Crippen LogP contribution in [-0.2, 0) is 11.0 Å². The van der Waals surface area contributed by atoms with Crippen LogP contribution in [-0.4, -0.2) is 71.1 Å². The number of nitrogens with one attached hydrogen (secondary N) is 2. The number of piperidine rings is 1. The fraction of sp³-hybridized carbons (Fsp3) is 0.321. The second-order valence-electron chi connectivity index (χ2n) is 10.5. The smallest absolute Gasteiger partial charge is 0.416 e. The second-order valence-corrected chi connectivity index (χ2v) is 10.5. The van der Waals surface area contributed by atoms with Crippen LogP contribution in [0, 0.1) is 5.92 Å². The van der Waals surface area contributed by atoms with Crippen LogP contribution in [0.1, 0.15) is 34.3 Å². The van der Waals surface area contributed by atoms with Gasteiger partial charge in [-0.2, -0.15) is 24.0 Å². The fourth-order valence-corrected chi connectivity index (χ4v) is 5.78. The van der Waals surface area contributed by atoms with Gasteiger partial charge in [0.05, 0.1) is 31.6 Å². The number of ether oxygens (including phenoxy) is 1. The normalized spacial score (nSPS) is 25.2. The number of rotatable bonds is 5. The highest BCUT2D eigenvalue weighted by Gasteiger charge is 2.48. The Balaban J connectivity index is 1.30. The van der Waals surface area contributed by atoms with Crippen LogP contribution in [0.3, 0.4) is 0 Å². The summed E-state index contributed by atoms with van der Waals surface area (Å²) in [5, 5.41) is 5.57. The van der Waals surface area contributed by atoms with Crippen LogP contribution in [0.25, 0.3) is 0 Å². The topological polar surface area (TPSA) is 134 Å². The molecule has 2 amide bonds. The molecule has 0 bridgehead atoms. The maximum atomic E-state index is 13.1. The number of benzene rings is 1. The molecule has 0 radical (unpaired) electrons. The van der Waals surface area contributed by atoms with Crippen LogP contribution in [0.5, 0.6) is 5.75 Å². The van der Waals surface area contributed by atoms with Gasteiger partial charge in [0.25, 0.3) is 11.7 Å². The first-order valence-electron chi connectivity index (χ1n) is 13.3. The van der Waals surface area contributed by atoms with Crippen molar-refractivity contribution in [1.29, 1.82) is 0 Å². The molecule has 1 aromatic heterocycles. The molecule has 0 saturated carbocycles. The van der Waals surface area contributed by atoms with Crippen LogP contribution in [0.4, 0.5) is 19.0 Å². The summed E-state index contributed by atoms with van der Waals surface area (Å²) in [7, 11) is 1.44. The van der Waals surface area contributed by atoms with E-state index >= 15 is 0 Å². The molecule has 1 unspecified atom stereocenters. The summed E-state index contributed by atoms with van der Waals surface area (Å²) in [6, 6.07) is 6.36. The number of aliphatic imine (C=N–C) groups is 2. The molecular weight excluding hydrogens is 553 g/mol. The summed E-state index contributed by atoms with van der Waals surface area (Å²) in [6.07, 6.45) is 3.01. The number of carbonyl (C=O) groups excluding carboxylic acids is 2. The summed E-state index contributed by atoms with van der Waals surface area (Å²) < 4.78 is 44.6. The van der Waals surface area contributed by atoms with Gasteiger partial charge in [-0.15, -0.1) is 4.59 Å². The van der Waals surface area contributed by atoms with Gasteiger partial charge in [-0.1, -0.05) is 0 Å². The van der Waals surface area contributed by atoms with Crippen molar-refractivity contribution < 1.29 is 32.1 Å². The minimum absolute atomic E-state index is 0.0502. The minimum Gasteiger partial charge on any atom is -0.496 e. The van der Waals surface area contributed by atoms with Gasteiger partial charge < -0.3 is 20.3 Å². The lowest BCUT2D eigenvalue weighted by atomic mass is 9.88. The van der Waals surface area contributed by atoms with E-state index in [0.29, 0.717) is 35.9 Å². The molecule has 4 aliphatic heterocycles. The van der Waals surface area contributed by atoms with Gasteiger partial charge in [0.2, 0.25) is 11.6 Å². The number of hydrogen-bond donors (Lipinski definition) is 3. The number of nitrogens with zero attached hydrogens (tertiary/aromatic N) is 5. The Morgan fingerprint density at radius 3 is 2.86 bits per heavy atom. The lowest BCUT2D eigenvalue weighted by molar-refractivity contribution is -0.750. The highest BCUT2D eigenvalue weighted by Crippen LogP contribution is 2.40. The predicted octanol–water partition coefficient (Wildman–Crippen LogP) is 2.79. The Hall–Kier alpha value is -4.40. The van der Waals surface area contributed by atoms with Crippen LogP contribution < -0.4 is 21.2 Å². The van der Waals surface area contributed by atoms with Gasteiger partial charge >= 0.3 is 6.18 Å². The zero-order valence-corrected chi connectivity index (χ0v) is 22.6. The van der Waals surface area contributed by atoms with Crippen molar-refractivity contribution >= 4 is 29.7 Å². The molecule has 6 rings (SSSR count). The Labute approximate surface area is 238 Å². The average Bonchev–Trinajstić information content (AvgIpc) is 3.29. The molecular formula is C28H28F3N8O3+. The quantitative estimate of drug-likeness (QED) is 0.367. The number of amides is 2. The molecule has 14 heteroatoms. The Kier molecular flexibility index (Phi) is 6.91. The number of quaternary nitrogens is 1. The third-order valence-corrected chi connectivity index (χ3v) is 7.93. The van der Waals surface area contributed by atoms with Crippen molar-refractivity contribution in [2.24, 2.45) is 21.7 Å². The third-order valence-electron chi connectivity index (χ3n) is 7.93. The third kappa shape index (κ3) is 4.86. The number of halogens is 3. The number of hydrogen-bond acceptors (Lipinski definition) is 8. The summed E-state index contributed by atoms with van der Waals surface area (Å²) in [6.45, 7) is 1.60. The van der Waals surface area contributed by atoms with E-state index < -0.39 is 17.6 Å². The Morgan fingerprint density at radius 2 is 2.07 bits per heavy atom. The van der Waals surface area contributed by atoms with Gasteiger partial charge in [-0.25, -0.2) is 4.98 Å². The molecule has 1 aromatic carbocycles. The van der Waals surface area contributed by atoms with Crippen molar-refractivity contribution in [3.8, 4) is 5.75 Å². The molecule has 11 nitrogen and oxygen atoms in total. The van der Waals surface area contributed by atoms with Crippen LogP contribution >= 0.6 is 0 Å². The first-order chi connectivity index (χ1) is 20.1. The second kappa shape index (κ2) is 10.5. The molecule has 2 fully saturated rings. The van der Waals surface area contributed by atoms with E-state index in [-0.39, 0.29) is 33.8 Å². The number of amidine groups is 1. The highest BCUT2D eigenvalue weighted by atomic mass is 19.4. The number of anilines is 1. The monoisotopic (exact) mass is 581 g/mol. The number of nitrogens with two attached hydrogens (primary N) is 1. The SMILES string of the molecule is COc1cc(C(=O)Nc2cc(C(F)(F)F)ccn2)ccc1C1=NC([C@@H]2CC[C@H]3CNCC(=O)N3C2)=C2C=NC=C[N+]12N. The Morgan fingerprint density at radius 1 is 1.24 bits per heavy atom. The summed E-state index contributed by atoms with van der Waals surface area (Å²) in [5.41, 5.74) is 1.15. The maximum Gasteiger partial charge on any atom is 0.416 e. The first-order valence-corrected chi connectivity index (χ1v) is 13.3. The van der Waals surface area contributed by atoms with E-state index in [9.17, 15) is 22.8 Å². The largest absolute Gasteiger partial charge is 0.496 e. The lowest BCUT2D eigenvalue weighted by Gasteiger charge is -2.42. The van der Waals surface area contributed by atoms with Gasteiger partial charge in [-0.05, 0) is 43.2 Å². The van der Waals surface area contributed by atoms with Gasteiger partial charge in [0.15, 0.2) is 0 Å². The number of pyridine rings is 1. The molecule has 4 aliphatic rings. The average molecular weight is 582 g/mol. The van der Waals surface area contributed by atoms with Crippen molar-refractivity contribution in [2.75, 3.05) is 32.1 Å². The molecule has 42 heavy (non-hydrogen) atoms. The number of alkyl halides is 3. The van der Waals surface area contributed by atoms with E-state index in [1.165, 1.54) is 19.2 Å². The molecule has 4 N–H and O–H groups in total. The van der Waals surface area contributed by atoms with Gasteiger partial charge in [-0.3, -0.25) is 14.6 Å². The first kappa shape index (κ1) is 27.8. The standard InChI is InChI=1S/C28H27F3N8O3/c1-42-22-10-16(27(41)36-23-11-18(6-7-35-23)28(29,30)31)3-5-20(22)26-37-25(21-13-33-8-9-39(21,26)32)17-2-4-19-12-34-14-24(40)38(19)15-17/h3,5-11,13,17,19,34H,2,4,12,14-15,32H2,1H3/p+1/t17-,19+,39?/m1/s1. The van der Waals surface area contributed by atoms with E-state index in [2.05, 4.69) is 20.6 Å². The number of aromatic nitrogens is 1. The maximum absolute atomic E-state index is 13.1. The molecule has 218 valence electrons. The van der Waals surface area contributed by atoms with Gasteiger partial charge in [0, 0.05) is 36.8 Å². The van der Waals surface area contributed by atoms with Crippen molar-refractivity contribution in [1.82, 2.24) is 15.2 Å². The van der Waals surface area contributed by atoms with Crippen LogP contribution in [0.2, 0.25) is 0 Å². The molecule has 2 saturated heterocycles. The van der Waals surface area contributed by atoms with E-state index in [1.54, 1.807) is 24.7 Å². The van der Waals surface area contributed by atoms with E-state index in [1.807, 2.05) is 4.90 Å². The van der Waals surface area contributed by atoms with Crippen molar-refractivity contribution in [3.05, 3.63) is 77.0 Å². The summed E-state index contributed by atoms with van der Waals surface area (Å²) in [4.78, 5) is 40.6. The highest BCUT2D eigenvalue weighted by molar-refractivity contribution is 6.07. The molecule has 2 aromatic rings. The van der Waals surface area contributed by atoms with Crippen LogP contribution in [0.15, 0.2) is 70.3 Å². The van der Waals surface area contributed by atoms with Crippen molar-refractivity contribution in [2.45, 2.75) is 25.1 Å². The number of piperazine rings is 1. The zero-order chi connectivity index (χ0) is 29.6. The minimum atomic E-state index is -4.57. The summed E-state index contributed by atoms with van der Waals surface area (Å²) >= 11 is 0. The van der Waals surface area contributed by atoms with E-state index in [0.717, 1.165) is 43.4 Å². The number of methoxy groups -OCH3 is 1. The summed E-state index contributed by atoms with van der Waals surface area (Å²) in [5.74, 6) is 6.75. The number of carbonyl (C=O) groups is 2. The van der Waals surface area contributed by atoms with Crippen molar-refractivity contribution in [3.63, 3.8) is 0 Å². The fourth-order valence-electron chi connectivity index (χ4n) is 5.78. The predicted molar refractivity (Wildman–Crippen MR) is 147 cm³/mol. The lowest BCUT2D eigenvalue weighted by Crippen LogP contribution is -2.58. The number of allylic oxidation sites excluding steroid dienone is 1. The Bertz CT molecular complexity index is 1580. The van der Waals surface area contributed by atoms with Gasteiger partial charge in [0.1, 0.15) is 29.0 Å². The molecule has 0 aliphatic carbocycles. The number of fused-ring (bicyclic) bond motifs is 2.